The van der Waals surface area contributed by atoms with Crippen molar-refractivity contribution in [1.29, 1.82) is 0 Å². The van der Waals surface area contributed by atoms with Gasteiger partial charge >= 0.3 is 5.97 Å². The van der Waals surface area contributed by atoms with Gasteiger partial charge in [0.1, 0.15) is 0 Å². The van der Waals surface area contributed by atoms with E-state index >= 15 is 0 Å². The van der Waals surface area contributed by atoms with Gasteiger partial charge in [0.2, 0.25) is 16.6 Å². The molecule has 31 heavy (non-hydrogen) atoms. The summed E-state index contributed by atoms with van der Waals surface area (Å²) in [6.45, 7) is 11.2. The Balaban J connectivity index is 1.83. The number of carbonyl (C=O) groups excluding carboxylic acids is 1. The van der Waals surface area contributed by atoms with Crippen LogP contribution in [0.25, 0.3) is 27.4 Å². The fraction of sp³-hybridized carbons (Fsp3) is 0.250. The molecule has 0 fully saturated rings. The summed E-state index contributed by atoms with van der Waals surface area (Å²) in [5.41, 5.74) is 3.32. The summed E-state index contributed by atoms with van der Waals surface area (Å²) >= 11 is 0. The van der Waals surface area contributed by atoms with Crippen LogP contribution in [0.15, 0.2) is 48.5 Å². The lowest BCUT2D eigenvalue weighted by atomic mass is 10.1. The lowest BCUT2D eigenvalue weighted by molar-refractivity contribution is 0.0595. The molecule has 0 radical (unpaired) electrons. The first-order chi connectivity index (χ1) is 14.6. The number of carbonyl (C=O) groups is 1. The standard InChI is InChI=1S/C24H26N2O3Si2/c1-15-7-9-18(10-8-15)26-20-12-17-14-22-21(30(3,4)29-31(22,5)6)13-16(17)11-19(20)23(25-26)24(27)28-2/h7-14H,1-6H3. The molecule has 2 heterocycles. The molecule has 4 aromatic rings. The van der Waals surface area contributed by atoms with Crippen molar-refractivity contribution in [2.24, 2.45) is 0 Å². The van der Waals surface area contributed by atoms with Crippen LogP contribution in [-0.4, -0.2) is 39.5 Å². The Morgan fingerprint density at radius 2 is 1.52 bits per heavy atom. The fourth-order valence-electron chi connectivity index (χ4n) is 4.78. The number of ether oxygens (including phenoxy) is 1. The molecule has 0 unspecified atom stereocenters. The van der Waals surface area contributed by atoms with Gasteiger partial charge in [0, 0.05) is 5.39 Å². The van der Waals surface area contributed by atoms with E-state index in [0.717, 1.165) is 27.4 Å². The molecule has 0 spiro atoms. The maximum atomic E-state index is 12.5. The fourth-order valence-corrected chi connectivity index (χ4v) is 15.0. The Kier molecular flexibility index (Phi) is 4.31. The van der Waals surface area contributed by atoms with Gasteiger partial charge in [0.25, 0.3) is 0 Å². The van der Waals surface area contributed by atoms with Crippen LogP contribution in [0.2, 0.25) is 26.2 Å². The predicted octanol–water partition coefficient (Wildman–Crippen LogP) is 4.13. The van der Waals surface area contributed by atoms with Crippen molar-refractivity contribution in [2.45, 2.75) is 33.1 Å². The number of hydrogen-bond donors (Lipinski definition) is 0. The third-order valence-corrected chi connectivity index (χ3v) is 14.0. The van der Waals surface area contributed by atoms with Crippen molar-refractivity contribution in [3.8, 4) is 5.69 Å². The van der Waals surface area contributed by atoms with Gasteiger partial charge in [-0.1, -0.05) is 29.8 Å². The zero-order valence-electron chi connectivity index (χ0n) is 18.7. The molecule has 0 aliphatic carbocycles. The molecule has 7 heteroatoms. The maximum absolute atomic E-state index is 12.5. The highest BCUT2D eigenvalue weighted by atomic mass is 28.4. The van der Waals surface area contributed by atoms with Crippen molar-refractivity contribution in [3.63, 3.8) is 0 Å². The second-order valence-electron chi connectivity index (χ2n) is 9.32. The summed E-state index contributed by atoms with van der Waals surface area (Å²) in [5.74, 6) is -0.428. The number of fused-ring (bicyclic) bond motifs is 3. The van der Waals surface area contributed by atoms with Crippen LogP contribution in [0, 0.1) is 6.92 Å². The molecule has 3 aromatic carbocycles. The van der Waals surface area contributed by atoms with E-state index in [-0.39, 0.29) is 0 Å². The van der Waals surface area contributed by atoms with E-state index in [4.69, 9.17) is 8.85 Å². The highest BCUT2D eigenvalue weighted by Gasteiger charge is 2.46. The average molecular weight is 447 g/mol. The Bertz CT molecular complexity index is 1370. The van der Waals surface area contributed by atoms with Gasteiger partial charge in [0.15, 0.2) is 5.69 Å². The average Bonchev–Trinajstić information content (AvgIpc) is 3.16. The predicted molar refractivity (Wildman–Crippen MR) is 130 cm³/mol. The monoisotopic (exact) mass is 446 g/mol. The Morgan fingerprint density at radius 1 is 0.935 bits per heavy atom. The van der Waals surface area contributed by atoms with Gasteiger partial charge in [-0.15, -0.1) is 0 Å². The van der Waals surface area contributed by atoms with Crippen LogP contribution in [0.1, 0.15) is 16.1 Å². The maximum Gasteiger partial charge on any atom is 0.359 e. The van der Waals surface area contributed by atoms with Gasteiger partial charge in [-0.05, 0) is 78.5 Å². The van der Waals surface area contributed by atoms with Crippen molar-refractivity contribution in [1.82, 2.24) is 9.78 Å². The van der Waals surface area contributed by atoms with Crippen LogP contribution in [-0.2, 0) is 8.85 Å². The van der Waals surface area contributed by atoms with Gasteiger partial charge in [-0.25, -0.2) is 9.48 Å². The van der Waals surface area contributed by atoms with Crippen LogP contribution >= 0.6 is 0 Å². The van der Waals surface area contributed by atoms with Gasteiger partial charge in [0.05, 0.1) is 18.3 Å². The highest BCUT2D eigenvalue weighted by Crippen LogP contribution is 2.30. The number of benzene rings is 3. The highest BCUT2D eigenvalue weighted by molar-refractivity contribution is 7.06. The third kappa shape index (κ3) is 3.07. The summed E-state index contributed by atoms with van der Waals surface area (Å²) in [6, 6.07) is 16.9. The molecule has 0 saturated heterocycles. The van der Waals surface area contributed by atoms with Crippen LogP contribution in [0.3, 0.4) is 0 Å². The van der Waals surface area contributed by atoms with Crippen molar-refractivity contribution >= 4 is 54.7 Å². The largest absolute Gasteiger partial charge is 0.464 e. The molecule has 5 rings (SSSR count). The number of hydrogen-bond acceptors (Lipinski definition) is 4. The third-order valence-electron chi connectivity index (χ3n) is 6.24. The van der Waals surface area contributed by atoms with E-state index in [1.165, 1.54) is 23.0 Å². The summed E-state index contributed by atoms with van der Waals surface area (Å²) < 4.78 is 13.5. The quantitative estimate of drug-likeness (QED) is 0.343. The molecular formula is C24H26N2O3Si2. The normalized spacial score (nSPS) is 16.6. The first-order valence-electron chi connectivity index (χ1n) is 10.5. The number of methoxy groups -OCH3 is 1. The Hall–Kier alpha value is -2.75. The molecule has 1 aliphatic heterocycles. The van der Waals surface area contributed by atoms with Crippen molar-refractivity contribution in [2.75, 3.05) is 7.11 Å². The summed E-state index contributed by atoms with van der Waals surface area (Å²) in [7, 11) is -2.45. The molecule has 0 N–H and O–H groups in total. The number of aromatic nitrogens is 2. The first-order valence-corrected chi connectivity index (χ1v) is 16.3. The van der Waals surface area contributed by atoms with Gasteiger partial charge in [-0.3, -0.25) is 0 Å². The molecule has 0 saturated carbocycles. The number of rotatable bonds is 2. The molecule has 1 aliphatic rings. The Morgan fingerprint density at radius 3 is 2.10 bits per heavy atom. The zero-order chi connectivity index (χ0) is 22.1. The van der Waals surface area contributed by atoms with Gasteiger partial charge < -0.3 is 8.85 Å². The molecule has 0 bridgehead atoms. The van der Waals surface area contributed by atoms with E-state index in [2.05, 4.69) is 62.5 Å². The molecule has 1 aromatic heterocycles. The van der Waals surface area contributed by atoms with Crippen LogP contribution in [0.5, 0.6) is 0 Å². The van der Waals surface area contributed by atoms with Gasteiger partial charge in [-0.2, -0.15) is 5.10 Å². The van der Waals surface area contributed by atoms with E-state index in [1.54, 1.807) is 0 Å². The molecule has 0 amide bonds. The second kappa shape index (κ2) is 6.62. The number of nitrogens with zero attached hydrogens (tertiary/aromatic N) is 2. The summed E-state index contributed by atoms with van der Waals surface area (Å²) in [4.78, 5) is 12.5. The zero-order valence-corrected chi connectivity index (χ0v) is 20.7. The molecular weight excluding hydrogens is 420 g/mol. The minimum atomic E-state index is -1.93. The van der Waals surface area contributed by atoms with E-state index in [0.29, 0.717) is 5.69 Å². The Labute approximate surface area is 183 Å². The molecule has 0 atom stereocenters. The van der Waals surface area contributed by atoms with Crippen LogP contribution in [0.4, 0.5) is 0 Å². The van der Waals surface area contributed by atoms with E-state index in [1.807, 2.05) is 28.9 Å². The van der Waals surface area contributed by atoms with E-state index in [9.17, 15) is 4.79 Å². The summed E-state index contributed by atoms with van der Waals surface area (Å²) in [6.07, 6.45) is 0. The minimum Gasteiger partial charge on any atom is -0.464 e. The number of esters is 1. The summed E-state index contributed by atoms with van der Waals surface area (Å²) in [5, 5.41) is 10.5. The molecule has 5 nitrogen and oxygen atoms in total. The first kappa shape index (κ1) is 20.2. The van der Waals surface area contributed by atoms with Crippen molar-refractivity contribution < 1.29 is 13.6 Å². The number of aryl methyl sites for hydroxylation is 1. The lowest BCUT2D eigenvalue weighted by Crippen LogP contribution is -2.43. The van der Waals surface area contributed by atoms with Crippen molar-refractivity contribution in [3.05, 3.63) is 59.8 Å². The SMILES string of the molecule is COC(=O)c1nn(-c2ccc(C)cc2)c2cc3cc4c(cc3cc12)[Si](C)(C)O[Si]4(C)C. The molecule has 158 valence electrons. The lowest BCUT2D eigenvalue weighted by Gasteiger charge is -2.22. The van der Waals surface area contributed by atoms with Crippen LogP contribution < -0.4 is 10.4 Å². The second-order valence-corrected chi connectivity index (χ2v) is 17.3. The topological polar surface area (TPSA) is 53.3 Å². The van der Waals surface area contributed by atoms with E-state index < -0.39 is 22.6 Å². The minimum absolute atomic E-state index is 0.336. The smallest absolute Gasteiger partial charge is 0.359 e.